The molecular weight excluding hydrogens is 192 g/mol. The zero-order valence-corrected chi connectivity index (χ0v) is 8.00. The summed E-state index contributed by atoms with van der Waals surface area (Å²) in [7, 11) is 0. The van der Waals surface area contributed by atoms with E-state index in [0.29, 0.717) is 11.4 Å². The average molecular weight is 202 g/mol. The fourth-order valence-corrected chi connectivity index (χ4v) is 1.24. The molecular formula is C10H10N4O. The fraction of sp³-hybridized carbons (Fsp3) is 0.100. The van der Waals surface area contributed by atoms with Crippen LogP contribution in [0, 0.1) is 0 Å². The molecule has 0 radical (unpaired) electrons. The predicted octanol–water partition coefficient (Wildman–Crippen LogP) is 0.743. The van der Waals surface area contributed by atoms with Crippen molar-refractivity contribution in [3.05, 3.63) is 42.4 Å². The van der Waals surface area contributed by atoms with E-state index in [1.54, 1.807) is 36.8 Å². The molecule has 76 valence electrons. The summed E-state index contributed by atoms with van der Waals surface area (Å²) < 4.78 is 1.51. The SMILES string of the molecule is Nc1ccn(CC(=O)c2ccncc2)n1. The lowest BCUT2D eigenvalue weighted by Crippen LogP contribution is -2.11. The van der Waals surface area contributed by atoms with Gasteiger partial charge in [-0.3, -0.25) is 14.5 Å². The van der Waals surface area contributed by atoms with E-state index in [4.69, 9.17) is 5.73 Å². The highest BCUT2D eigenvalue weighted by atomic mass is 16.1. The molecule has 2 aromatic heterocycles. The van der Waals surface area contributed by atoms with E-state index in [1.165, 1.54) is 4.68 Å². The van der Waals surface area contributed by atoms with Crippen LogP contribution >= 0.6 is 0 Å². The monoisotopic (exact) mass is 202 g/mol. The molecule has 0 aliphatic rings. The summed E-state index contributed by atoms with van der Waals surface area (Å²) in [6, 6.07) is 5.00. The molecule has 15 heavy (non-hydrogen) atoms. The van der Waals surface area contributed by atoms with Crippen molar-refractivity contribution >= 4 is 11.6 Å². The molecule has 2 N–H and O–H groups in total. The van der Waals surface area contributed by atoms with Crippen LogP contribution in [0.5, 0.6) is 0 Å². The summed E-state index contributed by atoms with van der Waals surface area (Å²) in [6.45, 7) is 0.196. The molecule has 0 saturated heterocycles. The minimum atomic E-state index is -0.0134. The Morgan fingerprint density at radius 2 is 2.07 bits per heavy atom. The van der Waals surface area contributed by atoms with Crippen LogP contribution in [-0.2, 0) is 6.54 Å². The van der Waals surface area contributed by atoms with Gasteiger partial charge in [0, 0.05) is 24.2 Å². The molecule has 2 aromatic rings. The summed E-state index contributed by atoms with van der Waals surface area (Å²) in [6.07, 6.45) is 4.85. The van der Waals surface area contributed by atoms with Crippen LogP contribution in [0.4, 0.5) is 5.82 Å². The van der Waals surface area contributed by atoms with E-state index in [-0.39, 0.29) is 12.3 Å². The number of aromatic nitrogens is 3. The number of anilines is 1. The largest absolute Gasteiger partial charge is 0.382 e. The zero-order valence-electron chi connectivity index (χ0n) is 8.00. The van der Waals surface area contributed by atoms with Crippen LogP contribution in [0.1, 0.15) is 10.4 Å². The molecule has 2 rings (SSSR count). The average Bonchev–Trinajstić information content (AvgIpc) is 2.65. The highest BCUT2D eigenvalue weighted by Crippen LogP contribution is 2.02. The van der Waals surface area contributed by atoms with Crippen LogP contribution in [0.2, 0.25) is 0 Å². The van der Waals surface area contributed by atoms with Crippen molar-refractivity contribution in [2.45, 2.75) is 6.54 Å². The van der Waals surface area contributed by atoms with Gasteiger partial charge in [0.25, 0.3) is 0 Å². The number of pyridine rings is 1. The van der Waals surface area contributed by atoms with Crippen LogP contribution in [0.3, 0.4) is 0 Å². The molecule has 0 spiro atoms. The summed E-state index contributed by atoms with van der Waals surface area (Å²) in [5.74, 6) is 0.401. The van der Waals surface area contributed by atoms with Gasteiger partial charge >= 0.3 is 0 Å². The number of rotatable bonds is 3. The number of carbonyl (C=O) groups excluding carboxylic acids is 1. The number of hydrogen-bond donors (Lipinski definition) is 1. The second-order valence-electron chi connectivity index (χ2n) is 3.10. The lowest BCUT2D eigenvalue weighted by atomic mass is 10.2. The van der Waals surface area contributed by atoms with Crippen LogP contribution in [0.15, 0.2) is 36.8 Å². The van der Waals surface area contributed by atoms with Gasteiger partial charge < -0.3 is 5.73 Å². The van der Waals surface area contributed by atoms with Gasteiger partial charge in [0.1, 0.15) is 12.4 Å². The number of Topliss-reactive ketones (excluding diaryl/α,β-unsaturated/α-hetero) is 1. The smallest absolute Gasteiger partial charge is 0.184 e. The van der Waals surface area contributed by atoms with Gasteiger partial charge in [-0.15, -0.1) is 0 Å². The van der Waals surface area contributed by atoms with Crippen molar-refractivity contribution in [1.29, 1.82) is 0 Å². The molecule has 0 aromatic carbocycles. The Morgan fingerprint density at radius 3 is 2.67 bits per heavy atom. The molecule has 0 aliphatic carbocycles. The van der Waals surface area contributed by atoms with E-state index in [9.17, 15) is 4.79 Å². The molecule has 2 heterocycles. The van der Waals surface area contributed by atoms with E-state index in [0.717, 1.165) is 0 Å². The molecule has 0 fully saturated rings. The molecule has 0 amide bonds. The van der Waals surface area contributed by atoms with Crippen LogP contribution in [-0.4, -0.2) is 20.5 Å². The van der Waals surface area contributed by atoms with Gasteiger partial charge in [-0.05, 0) is 18.2 Å². The second kappa shape index (κ2) is 3.91. The van der Waals surface area contributed by atoms with Crippen molar-refractivity contribution in [3.63, 3.8) is 0 Å². The Balaban J connectivity index is 2.11. The Kier molecular flexibility index (Phi) is 2.45. The Bertz CT molecular complexity index is 463. The molecule has 0 saturated carbocycles. The Hall–Kier alpha value is -2.17. The first kappa shape index (κ1) is 9.39. The number of nitrogens with zero attached hydrogens (tertiary/aromatic N) is 3. The number of hydrogen-bond acceptors (Lipinski definition) is 4. The van der Waals surface area contributed by atoms with Crippen molar-refractivity contribution in [2.75, 3.05) is 5.73 Å². The van der Waals surface area contributed by atoms with Crippen molar-refractivity contribution in [3.8, 4) is 0 Å². The van der Waals surface area contributed by atoms with Gasteiger partial charge in [0.05, 0.1) is 0 Å². The Morgan fingerprint density at radius 1 is 1.33 bits per heavy atom. The minimum absolute atomic E-state index is 0.0134. The normalized spacial score (nSPS) is 10.1. The van der Waals surface area contributed by atoms with Gasteiger partial charge in [-0.1, -0.05) is 0 Å². The van der Waals surface area contributed by atoms with Gasteiger partial charge in [0.2, 0.25) is 0 Å². The first-order chi connectivity index (χ1) is 7.25. The minimum Gasteiger partial charge on any atom is -0.382 e. The van der Waals surface area contributed by atoms with Crippen LogP contribution < -0.4 is 5.73 Å². The number of nitrogens with two attached hydrogens (primary N) is 1. The van der Waals surface area contributed by atoms with E-state index < -0.39 is 0 Å². The maximum Gasteiger partial charge on any atom is 0.184 e. The van der Waals surface area contributed by atoms with Crippen LogP contribution in [0.25, 0.3) is 0 Å². The molecule has 0 unspecified atom stereocenters. The first-order valence-corrected chi connectivity index (χ1v) is 4.48. The predicted molar refractivity (Wildman–Crippen MR) is 55.2 cm³/mol. The maximum atomic E-state index is 11.7. The topological polar surface area (TPSA) is 73.8 Å². The van der Waals surface area contributed by atoms with E-state index >= 15 is 0 Å². The van der Waals surface area contributed by atoms with Crippen molar-refractivity contribution < 1.29 is 4.79 Å². The summed E-state index contributed by atoms with van der Waals surface area (Å²) in [4.78, 5) is 15.5. The number of carbonyl (C=O) groups is 1. The highest BCUT2D eigenvalue weighted by Gasteiger charge is 2.06. The molecule has 0 atom stereocenters. The number of ketones is 1. The quantitative estimate of drug-likeness (QED) is 0.745. The third-order valence-electron chi connectivity index (χ3n) is 1.97. The first-order valence-electron chi connectivity index (χ1n) is 4.48. The van der Waals surface area contributed by atoms with Crippen molar-refractivity contribution in [1.82, 2.24) is 14.8 Å². The molecule has 5 heteroatoms. The van der Waals surface area contributed by atoms with Gasteiger partial charge in [0.15, 0.2) is 5.78 Å². The standard InChI is InChI=1S/C10H10N4O/c11-10-3-6-14(13-10)7-9(15)8-1-4-12-5-2-8/h1-6H,7H2,(H2,11,13). The molecule has 5 nitrogen and oxygen atoms in total. The van der Waals surface area contributed by atoms with Gasteiger partial charge in [-0.2, -0.15) is 5.10 Å². The van der Waals surface area contributed by atoms with Crippen molar-refractivity contribution in [2.24, 2.45) is 0 Å². The van der Waals surface area contributed by atoms with Gasteiger partial charge in [-0.25, -0.2) is 0 Å². The second-order valence-corrected chi connectivity index (χ2v) is 3.10. The molecule has 0 bridgehead atoms. The third kappa shape index (κ3) is 2.19. The summed E-state index contributed by atoms with van der Waals surface area (Å²) in [5.41, 5.74) is 6.06. The summed E-state index contributed by atoms with van der Waals surface area (Å²) in [5, 5.41) is 3.93. The highest BCUT2D eigenvalue weighted by molar-refractivity contribution is 5.95. The lowest BCUT2D eigenvalue weighted by molar-refractivity contribution is 0.0968. The fourth-order valence-electron chi connectivity index (χ4n) is 1.24. The summed E-state index contributed by atoms with van der Waals surface area (Å²) >= 11 is 0. The van der Waals surface area contributed by atoms with E-state index in [2.05, 4.69) is 10.1 Å². The molecule has 0 aliphatic heterocycles. The zero-order chi connectivity index (χ0) is 10.7. The van der Waals surface area contributed by atoms with E-state index in [1.807, 2.05) is 0 Å². The maximum absolute atomic E-state index is 11.7. The number of nitrogen functional groups attached to an aromatic ring is 1. The lowest BCUT2D eigenvalue weighted by Gasteiger charge is -2.00. The Labute approximate surface area is 86.5 Å². The third-order valence-corrected chi connectivity index (χ3v) is 1.97.